The van der Waals surface area contributed by atoms with Crippen LogP contribution in [0.4, 0.5) is 11.4 Å². The van der Waals surface area contributed by atoms with Crippen molar-refractivity contribution < 1.29 is 19.2 Å². The van der Waals surface area contributed by atoms with Crippen molar-refractivity contribution in [2.45, 2.75) is 13.8 Å². The van der Waals surface area contributed by atoms with Crippen LogP contribution in [0.15, 0.2) is 65.7 Å². The second-order valence-electron chi connectivity index (χ2n) is 6.63. The van der Waals surface area contributed by atoms with Gasteiger partial charge in [0.1, 0.15) is 5.75 Å². The number of carbonyl (C=O) groups is 1. The first kappa shape index (κ1) is 20.7. The van der Waals surface area contributed by atoms with Crippen molar-refractivity contribution in [2.75, 3.05) is 7.11 Å². The standard InChI is InChI=1S/C23H20N2O5/c1-15-4-8-19(12-16(15)2)24-14-17-5-11-22(21(13-17)25(27)28)30-23(26)18-6-9-20(29-3)10-7-18/h4-14H,1-3H3. The van der Waals surface area contributed by atoms with Gasteiger partial charge in [-0.3, -0.25) is 15.1 Å². The number of benzene rings is 3. The second-order valence-corrected chi connectivity index (χ2v) is 6.63. The topological polar surface area (TPSA) is 91.0 Å². The van der Waals surface area contributed by atoms with Crippen LogP contribution in [0.2, 0.25) is 0 Å². The third-order valence-corrected chi connectivity index (χ3v) is 4.56. The zero-order chi connectivity index (χ0) is 21.7. The summed E-state index contributed by atoms with van der Waals surface area (Å²) >= 11 is 0. The van der Waals surface area contributed by atoms with Crippen LogP contribution in [-0.2, 0) is 0 Å². The van der Waals surface area contributed by atoms with Gasteiger partial charge in [-0.15, -0.1) is 0 Å². The first-order chi connectivity index (χ1) is 14.4. The number of ether oxygens (including phenoxy) is 2. The summed E-state index contributed by atoms with van der Waals surface area (Å²) in [7, 11) is 1.52. The Morgan fingerprint density at radius 1 is 1.00 bits per heavy atom. The first-order valence-electron chi connectivity index (χ1n) is 9.13. The molecule has 0 saturated heterocycles. The molecule has 0 aromatic heterocycles. The molecule has 0 saturated carbocycles. The predicted molar refractivity (Wildman–Crippen MR) is 114 cm³/mol. The van der Waals surface area contributed by atoms with Gasteiger partial charge in [0.25, 0.3) is 0 Å². The maximum atomic E-state index is 12.3. The smallest absolute Gasteiger partial charge is 0.343 e. The lowest BCUT2D eigenvalue weighted by Crippen LogP contribution is -2.10. The zero-order valence-electron chi connectivity index (χ0n) is 16.8. The number of rotatable bonds is 6. The Bertz CT molecular complexity index is 1120. The van der Waals surface area contributed by atoms with Crippen LogP contribution in [0.3, 0.4) is 0 Å². The third kappa shape index (κ3) is 4.88. The van der Waals surface area contributed by atoms with Crippen LogP contribution >= 0.6 is 0 Å². The SMILES string of the molecule is COc1ccc(C(=O)Oc2ccc(C=Nc3ccc(C)c(C)c3)cc2[N+](=O)[O-])cc1. The Hall–Kier alpha value is -4.00. The average molecular weight is 404 g/mol. The first-order valence-corrected chi connectivity index (χ1v) is 9.13. The van der Waals surface area contributed by atoms with Crippen molar-refractivity contribution in [1.29, 1.82) is 0 Å². The van der Waals surface area contributed by atoms with Crippen LogP contribution in [0.5, 0.6) is 11.5 Å². The van der Waals surface area contributed by atoms with Gasteiger partial charge in [-0.2, -0.15) is 0 Å². The molecular weight excluding hydrogens is 384 g/mol. The fourth-order valence-corrected chi connectivity index (χ4v) is 2.68. The number of hydrogen-bond donors (Lipinski definition) is 0. The molecule has 0 spiro atoms. The van der Waals surface area contributed by atoms with Gasteiger partial charge in [-0.25, -0.2) is 4.79 Å². The van der Waals surface area contributed by atoms with E-state index in [2.05, 4.69) is 4.99 Å². The minimum atomic E-state index is -0.697. The number of carbonyl (C=O) groups excluding carboxylic acids is 1. The van der Waals surface area contributed by atoms with Crippen molar-refractivity contribution in [3.8, 4) is 11.5 Å². The zero-order valence-corrected chi connectivity index (χ0v) is 16.8. The fraction of sp³-hybridized carbons (Fsp3) is 0.130. The van der Waals surface area contributed by atoms with E-state index in [1.807, 2.05) is 32.0 Å². The highest BCUT2D eigenvalue weighted by molar-refractivity contribution is 5.92. The maximum absolute atomic E-state index is 12.3. The van der Waals surface area contributed by atoms with Gasteiger partial charge >= 0.3 is 11.7 Å². The molecule has 0 fully saturated rings. The molecule has 0 heterocycles. The van der Waals surface area contributed by atoms with E-state index in [0.717, 1.165) is 16.8 Å². The number of methoxy groups -OCH3 is 1. The number of aryl methyl sites for hydroxylation is 2. The summed E-state index contributed by atoms with van der Waals surface area (Å²) in [6.07, 6.45) is 1.53. The molecule has 0 bridgehead atoms. The molecule has 0 radical (unpaired) electrons. The Morgan fingerprint density at radius 3 is 2.37 bits per heavy atom. The highest BCUT2D eigenvalue weighted by Crippen LogP contribution is 2.29. The molecule has 0 amide bonds. The minimum absolute atomic E-state index is 0.135. The van der Waals surface area contributed by atoms with E-state index < -0.39 is 10.9 Å². The van der Waals surface area contributed by atoms with Gasteiger partial charge in [0.2, 0.25) is 5.75 Å². The Labute approximate surface area is 173 Å². The monoisotopic (exact) mass is 404 g/mol. The molecule has 152 valence electrons. The van der Waals surface area contributed by atoms with E-state index >= 15 is 0 Å². The average Bonchev–Trinajstić information content (AvgIpc) is 2.75. The lowest BCUT2D eigenvalue weighted by molar-refractivity contribution is -0.385. The van der Waals surface area contributed by atoms with Gasteiger partial charge in [-0.05, 0) is 79.1 Å². The summed E-state index contributed by atoms with van der Waals surface area (Å²) in [4.78, 5) is 27.6. The summed E-state index contributed by atoms with van der Waals surface area (Å²) in [6.45, 7) is 4.00. The number of nitrogens with zero attached hydrogens (tertiary/aromatic N) is 2. The highest BCUT2D eigenvalue weighted by atomic mass is 16.6. The van der Waals surface area contributed by atoms with Gasteiger partial charge < -0.3 is 9.47 Å². The molecule has 7 nitrogen and oxygen atoms in total. The van der Waals surface area contributed by atoms with E-state index in [-0.39, 0.29) is 17.0 Å². The van der Waals surface area contributed by atoms with Gasteiger partial charge in [0, 0.05) is 12.3 Å². The van der Waals surface area contributed by atoms with E-state index in [4.69, 9.17) is 9.47 Å². The second kappa shape index (κ2) is 9.00. The molecule has 3 aromatic carbocycles. The summed E-state index contributed by atoms with van der Waals surface area (Å²) in [5.74, 6) is -0.244. The summed E-state index contributed by atoms with van der Waals surface area (Å²) in [6, 6.07) is 16.4. The third-order valence-electron chi connectivity index (χ3n) is 4.56. The molecular formula is C23H20N2O5. The summed E-state index contributed by atoms with van der Waals surface area (Å²) in [5, 5.41) is 11.5. The molecule has 0 aliphatic rings. The number of hydrogen-bond acceptors (Lipinski definition) is 6. The molecule has 0 aliphatic heterocycles. The molecule has 0 aliphatic carbocycles. The van der Waals surface area contributed by atoms with Crippen LogP contribution in [0, 0.1) is 24.0 Å². The summed E-state index contributed by atoms with van der Waals surface area (Å²) < 4.78 is 10.3. The molecule has 0 N–H and O–H groups in total. The molecule has 7 heteroatoms. The Kier molecular flexibility index (Phi) is 6.22. The number of aliphatic imine (C=N–C) groups is 1. The van der Waals surface area contributed by atoms with Crippen molar-refractivity contribution in [1.82, 2.24) is 0 Å². The van der Waals surface area contributed by atoms with E-state index in [1.54, 1.807) is 18.2 Å². The Balaban J connectivity index is 1.82. The van der Waals surface area contributed by atoms with Crippen molar-refractivity contribution in [2.24, 2.45) is 4.99 Å². The molecule has 3 aromatic rings. The molecule has 0 atom stereocenters. The van der Waals surface area contributed by atoms with Crippen molar-refractivity contribution >= 4 is 23.6 Å². The number of esters is 1. The lowest BCUT2D eigenvalue weighted by atomic mass is 10.1. The Morgan fingerprint density at radius 2 is 1.73 bits per heavy atom. The predicted octanol–water partition coefficient (Wildman–Crippen LogP) is 5.19. The van der Waals surface area contributed by atoms with Crippen LogP contribution in [0.1, 0.15) is 27.0 Å². The van der Waals surface area contributed by atoms with Gasteiger partial charge in [0.05, 0.1) is 23.3 Å². The maximum Gasteiger partial charge on any atom is 0.343 e. The largest absolute Gasteiger partial charge is 0.497 e. The fourth-order valence-electron chi connectivity index (χ4n) is 2.68. The van der Waals surface area contributed by atoms with Crippen LogP contribution in [0.25, 0.3) is 0 Å². The minimum Gasteiger partial charge on any atom is -0.497 e. The highest BCUT2D eigenvalue weighted by Gasteiger charge is 2.19. The van der Waals surface area contributed by atoms with Crippen molar-refractivity contribution in [3.05, 3.63) is 93.0 Å². The number of nitro benzene ring substituents is 1. The normalized spacial score (nSPS) is 10.8. The van der Waals surface area contributed by atoms with Crippen molar-refractivity contribution in [3.63, 3.8) is 0 Å². The number of nitro groups is 1. The van der Waals surface area contributed by atoms with E-state index in [0.29, 0.717) is 11.3 Å². The van der Waals surface area contributed by atoms with Crippen LogP contribution in [-0.4, -0.2) is 24.2 Å². The quantitative estimate of drug-likeness (QED) is 0.185. The molecule has 30 heavy (non-hydrogen) atoms. The molecule has 0 unspecified atom stereocenters. The van der Waals surface area contributed by atoms with Gasteiger partial charge in [0.15, 0.2) is 0 Å². The van der Waals surface area contributed by atoms with Gasteiger partial charge in [-0.1, -0.05) is 6.07 Å². The van der Waals surface area contributed by atoms with E-state index in [1.165, 1.54) is 37.6 Å². The van der Waals surface area contributed by atoms with Crippen LogP contribution < -0.4 is 9.47 Å². The molecule has 3 rings (SSSR count). The summed E-state index contributed by atoms with van der Waals surface area (Å²) in [5.41, 5.74) is 3.47. The lowest BCUT2D eigenvalue weighted by Gasteiger charge is -2.06. The van der Waals surface area contributed by atoms with E-state index in [9.17, 15) is 14.9 Å².